The van der Waals surface area contributed by atoms with Crippen LogP contribution in [0.25, 0.3) is 10.5 Å². The van der Waals surface area contributed by atoms with Crippen LogP contribution in [0.15, 0.2) is 71.6 Å². The maximum absolute atomic E-state index is 11.4. The molecular formula is C17H12OS2. The van der Waals surface area contributed by atoms with E-state index in [9.17, 15) is 4.79 Å². The van der Waals surface area contributed by atoms with Gasteiger partial charge in [-0.1, -0.05) is 82.3 Å². The molecule has 3 rings (SSSR count). The Kier molecular flexibility index (Phi) is 4.09. The van der Waals surface area contributed by atoms with Crippen molar-refractivity contribution in [1.82, 2.24) is 0 Å². The molecule has 1 heterocycles. The molecule has 0 bridgehead atoms. The SMILES string of the molecule is O=C/C(=C1/C=C(c2ccccc2)SS1)c1ccccc1. The van der Waals surface area contributed by atoms with Gasteiger partial charge in [0.05, 0.1) is 0 Å². The molecule has 1 nitrogen and oxygen atoms in total. The topological polar surface area (TPSA) is 17.1 Å². The van der Waals surface area contributed by atoms with E-state index in [1.165, 1.54) is 10.5 Å². The van der Waals surface area contributed by atoms with E-state index < -0.39 is 0 Å². The Hall–Kier alpha value is -1.71. The third-order valence-corrected chi connectivity index (χ3v) is 5.47. The van der Waals surface area contributed by atoms with Crippen molar-refractivity contribution in [2.45, 2.75) is 0 Å². The fourth-order valence-electron chi connectivity index (χ4n) is 2.00. The molecule has 2 aromatic carbocycles. The minimum absolute atomic E-state index is 0.758. The number of allylic oxidation sites excluding steroid dienone is 2. The first-order valence-electron chi connectivity index (χ1n) is 6.25. The number of hydrogen-bond acceptors (Lipinski definition) is 3. The van der Waals surface area contributed by atoms with Crippen LogP contribution in [-0.4, -0.2) is 6.29 Å². The van der Waals surface area contributed by atoms with Crippen molar-refractivity contribution in [3.63, 3.8) is 0 Å². The van der Waals surface area contributed by atoms with Gasteiger partial charge < -0.3 is 0 Å². The van der Waals surface area contributed by atoms with E-state index in [1.807, 2.05) is 48.5 Å². The second-order valence-corrected chi connectivity index (χ2v) is 6.52. The summed E-state index contributed by atoms with van der Waals surface area (Å²) >= 11 is 0. The van der Waals surface area contributed by atoms with Gasteiger partial charge in [0, 0.05) is 15.4 Å². The first-order valence-corrected chi connectivity index (χ1v) is 8.40. The zero-order valence-corrected chi connectivity index (χ0v) is 12.3. The van der Waals surface area contributed by atoms with Crippen LogP contribution in [0.2, 0.25) is 0 Å². The summed E-state index contributed by atoms with van der Waals surface area (Å²) in [7, 11) is 3.35. The van der Waals surface area contributed by atoms with Gasteiger partial charge in [0.15, 0.2) is 6.29 Å². The van der Waals surface area contributed by atoms with Gasteiger partial charge in [-0.25, -0.2) is 0 Å². The molecule has 0 atom stereocenters. The molecule has 98 valence electrons. The maximum atomic E-state index is 11.4. The van der Waals surface area contributed by atoms with Crippen LogP contribution in [0.3, 0.4) is 0 Å². The molecule has 0 spiro atoms. The Morgan fingerprint density at radius 1 is 0.850 bits per heavy atom. The van der Waals surface area contributed by atoms with Gasteiger partial charge in [0.1, 0.15) is 0 Å². The van der Waals surface area contributed by atoms with Gasteiger partial charge in [0.25, 0.3) is 0 Å². The highest BCUT2D eigenvalue weighted by molar-refractivity contribution is 8.82. The Morgan fingerprint density at radius 2 is 1.50 bits per heavy atom. The van der Waals surface area contributed by atoms with E-state index in [-0.39, 0.29) is 0 Å². The predicted octanol–water partition coefficient (Wildman–Crippen LogP) is 5.03. The summed E-state index contributed by atoms with van der Waals surface area (Å²) < 4.78 is 0. The van der Waals surface area contributed by atoms with E-state index in [0.717, 1.165) is 22.3 Å². The van der Waals surface area contributed by atoms with Crippen LogP contribution in [0.4, 0.5) is 0 Å². The summed E-state index contributed by atoms with van der Waals surface area (Å²) in [6.07, 6.45) is 3.05. The number of carbonyl (C=O) groups excluding carboxylic acids is 1. The molecular weight excluding hydrogens is 284 g/mol. The molecule has 0 unspecified atom stereocenters. The molecule has 0 aliphatic carbocycles. The van der Waals surface area contributed by atoms with Gasteiger partial charge in [-0.3, -0.25) is 4.79 Å². The average molecular weight is 296 g/mol. The highest BCUT2D eigenvalue weighted by Crippen LogP contribution is 2.51. The van der Waals surface area contributed by atoms with Gasteiger partial charge >= 0.3 is 0 Å². The second kappa shape index (κ2) is 6.16. The number of aldehydes is 1. The summed E-state index contributed by atoms with van der Waals surface area (Å²) in [5.41, 5.74) is 2.92. The zero-order valence-electron chi connectivity index (χ0n) is 10.7. The van der Waals surface area contributed by atoms with E-state index >= 15 is 0 Å². The molecule has 0 saturated carbocycles. The molecule has 3 heteroatoms. The van der Waals surface area contributed by atoms with Crippen LogP contribution in [-0.2, 0) is 4.79 Å². The van der Waals surface area contributed by atoms with E-state index in [1.54, 1.807) is 21.6 Å². The van der Waals surface area contributed by atoms with Crippen molar-refractivity contribution in [1.29, 1.82) is 0 Å². The number of benzene rings is 2. The summed E-state index contributed by atoms with van der Waals surface area (Å²) in [6, 6.07) is 20.0. The van der Waals surface area contributed by atoms with Crippen LogP contribution < -0.4 is 0 Å². The van der Waals surface area contributed by atoms with Crippen molar-refractivity contribution in [3.8, 4) is 0 Å². The molecule has 2 aromatic rings. The van der Waals surface area contributed by atoms with Crippen LogP contribution in [0.5, 0.6) is 0 Å². The molecule has 0 saturated heterocycles. The molecule has 20 heavy (non-hydrogen) atoms. The van der Waals surface area contributed by atoms with Crippen molar-refractivity contribution in [2.24, 2.45) is 0 Å². The highest BCUT2D eigenvalue weighted by Gasteiger charge is 2.17. The van der Waals surface area contributed by atoms with E-state index in [2.05, 4.69) is 18.2 Å². The third-order valence-electron chi connectivity index (χ3n) is 3.01. The van der Waals surface area contributed by atoms with E-state index in [4.69, 9.17) is 0 Å². The lowest BCUT2D eigenvalue weighted by Gasteiger charge is -2.01. The largest absolute Gasteiger partial charge is 0.298 e. The minimum Gasteiger partial charge on any atom is -0.298 e. The first kappa shape index (κ1) is 13.3. The lowest BCUT2D eigenvalue weighted by atomic mass is 10.1. The maximum Gasteiger partial charge on any atom is 0.151 e. The Morgan fingerprint density at radius 3 is 2.15 bits per heavy atom. The van der Waals surface area contributed by atoms with Gasteiger partial charge in [-0.15, -0.1) is 0 Å². The summed E-state index contributed by atoms with van der Waals surface area (Å²) in [4.78, 5) is 13.6. The Balaban J connectivity index is 2.00. The number of carbonyl (C=O) groups is 1. The molecule has 0 N–H and O–H groups in total. The normalized spacial score (nSPS) is 16.7. The molecule has 1 aliphatic heterocycles. The van der Waals surface area contributed by atoms with Crippen molar-refractivity contribution < 1.29 is 4.79 Å². The zero-order chi connectivity index (χ0) is 13.8. The summed E-state index contributed by atoms with van der Waals surface area (Å²) in [5, 5.41) is 0. The standard InChI is InChI=1S/C17H12OS2/c18-12-15(13-7-3-1-4-8-13)17-11-16(19-20-17)14-9-5-2-6-10-14/h1-12H/b17-15+. The highest BCUT2D eigenvalue weighted by atomic mass is 33.1. The van der Waals surface area contributed by atoms with Crippen molar-refractivity contribution in [3.05, 3.63) is 82.8 Å². The lowest BCUT2D eigenvalue weighted by molar-refractivity contribution is -0.103. The molecule has 0 fully saturated rings. The fraction of sp³-hybridized carbons (Fsp3) is 0. The molecule has 0 amide bonds. The minimum atomic E-state index is 0.758. The second-order valence-electron chi connectivity index (χ2n) is 4.30. The Labute approximate surface area is 126 Å². The molecule has 0 aromatic heterocycles. The Bertz CT molecular complexity index is 673. The smallest absolute Gasteiger partial charge is 0.151 e. The van der Waals surface area contributed by atoms with Crippen molar-refractivity contribution >= 4 is 38.4 Å². The predicted molar refractivity (Wildman–Crippen MR) is 89.0 cm³/mol. The van der Waals surface area contributed by atoms with Gasteiger partial charge in [0.2, 0.25) is 0 Å². The number of hydrogen-bond donors (Lipinski definition) is 0. The van der Waals surface area contributed by atoms with Gasteiger partial charge in [-0.05, 0) is 17.2 Å². The lowest BCUT2D eigenvalue weighted by Crippen LogP contribution is -1.87. The molecule has 0 radical (unpaired) electrons. The number of rotatable bonds is 3. The van der Waals surface area contributed by atoms with Gasteiger partial charge in [-0.2, -0.15) is 0 Å². The van der Waals surface area contributed by atoms with E-state index in [0.29, 0.717) is 0 Å². The van der Waals surface area contributed by atoms with Crippen LogP contribution in [0.1, 0.15) is 11.1 Å². The average Bonchev–Trinajstić information content (AvgIpc) is 3.00. The quantitative estimate of drug-likeness (QED) is 0.449. The molecule has 1 aliphatic rings. The van der Waals surface area contributed by atoms with Crippen molar-refractivity contribution in [2.75, 3.05) is 0 Å². The third kappa shape index (κ3) is 2.74. The van der Waals surface area contributed by atoms with Crippen LogP contribution in [0, 0.1) is 0 Å². The monoisotopic (exact) mass is 296 g/mol. The fourth-order valence-corrected chi connectivity index (χ4v) is 4.46. The summed E-state index contributed by atoms with van der Waals surface area (Å²) in [6.45, 7) is 0. The summed E-state index contributed by atoms with van der Waals surface area (Å²) in [5.74, 6) is 0. The van der Waals surface area contributed by atoms with Crippen LogP contribution >= 0.6 is 21.6 Å². The first-order chi connectivity index (χ1) is 9.88.